The minimum atomic E-state index is -0.224. The van der Waals surface area contributed by atoms with Crippen molar-refractivity contribution < 1.29 is 9.53 Å². The van der Waals surface area contributed by atoms with Crippen LogP contribution < -0.4 is 0 Å². The van der Waals surface area contributed by atoms with Gasteiger partial charge in [0.2, 0.25) is 5.91 Å². The molecule has 0 aromatic carbocycles. The van der Waals surface area contributed by atoms with E-state index in [1.165, 1.54) is 38.5 Å². The Morgan fingerprint density at radius 3 is 2.44 bits per heavy atom. The van der Waals surface area contributed by atoms with Crippen molar-refractivity contribution in [1.82, 2.24) is 4.90 Å². The topological polar surface area (TPSA) is 29.5 Å². The Labute approximate surface area is 111 Å². The van der Waals surface area contributed by atoms with E-state index in [9.17, 15) is 4.79 Å². The van der Waals surface area contributed by atoms with E-state index in [-0.39, 0.29) is 18.1 Å². The van der Waals surface area contributed by atoms with Crippen LogP contribution in [0.3, 0.4) is 0 Å². The smallest absolute Gasteiger partial charge is 0.248 e. The van der Waals surface area contributed by atoms with E-state index in [2.05, 4.69) is 4.90 Å². The maximum atomic E-state index is 12.3. The third-order valence-electron chi connectivity index (χ3n) is 4.19. The number of carbonyl (C=O) groups excluding carboxylic acids is 1. The third-order valence-corrected chi connectivity index (χ3v) is 4.19. The van der Waals surface area contributed by atoms with E-state index in [1.54, 1.807) is 0 Å². The molecule has 0 aromatic heterocycles. The Morgan fingerprint density at radius 1 is 1.17 bits per heavy atom. The van der Waals surface area contributed by atoms with Crippen LogP contribution in [0.5, 0.6) is 0 Å². The van der Waals surface area contributed by atoms with Gasteiger partial charge in [-0.3, -0.25) is 4.79 Å². The lowest BCUT2D eigenvalue weighted by Crippen LogP contribution is -2.42. The first-order valence-corrected chi connectivity index (χ1v) is 7.41. The summed E-state index contributed by atoms with van der Waals surface area (Å²) in [7, 11) is 0. The molecule has 1 heterocycles. The first kappa shape index (κ1) is 13.9. The van der Waals surface area contributed by atoms with Crippen LogP contribution in [0.4, 0.5) is 0 Å². The van der Waals surface area contributed by atoms with Gasteiger partial charge >= 0.3 is 0 Å². The van der Waals surface area contributed by atoms with Crippen molar-refractivity contribution in [3.8, 4) is 0 Å². The van der Waals surface area contributed by atoms with Crippen LogP contribution in [0, 0.1) is 5.92 Å². The number of hydrogen-bond donors (Lipinski definition) is 0. The van der Waals surface area contributed by atoms with Crippen molar-refractivity contribution in [2.24, 2.45) is 5.92 Å². The summed E-state index contributed by atoms with van der Waals surface area (Å²) in [5.74, 6) is 0.949. The van der Waals surface area contributed by atoms with Gasteiger partial charge in [0, 0.05) is 12.6 Å². The molecule has 3 nitrogen and oxygen atoms in total. The van der Waals surface area contributed by atoms with Gasteiger partial charge in [-0.2, -0.15) is 0 Å². The highest BCUT2D eigenvalue weighted by Crippen LogP contribution is 2.35. The zero-order valence-corrected chi connectivity index (χ0v) is 12.1. The summed E-state index contributed by atoms with van der Waals surface area (Å²) in [5.41, 5.74) is -0.224. The van der Waals surface area contributed by atoms with Gasteiger partial charge in [-0.25, -0.2) is 0 Å². The largest absolute Gasteiger partial charge is 0.366 e. The van der Waals surface area contributed by atoms with Crippen LogP contribution in [0.2, 0.25) is 0 Å². The fourth-order valence-electron chi connectivity index (χ4n) is 3.30. The van der Waals surface area contributed by atoms with Crippen LogP contribution in [0.25, 0.3) is 0 Å². The zero-order valence-electron chi connectivity index (χ0n) is 12.1. The van der Waals surface area contributed by atoms with Crippen molar-refractivity contribution in [1.29, 1.82) is 0 Å². The number of ether oxygens (including phenoxy) is 1. The molecule has 2 aliphatic rings. The van der Waals surface area contributed by atoms with Gasteiger partial charge in [0.15, 0.2) is 0 Å². The Balaban J connectivity index is 1.88. The molecule has 1 saturated carbocycles. The van der Waals surface area contributed by atoms with Gasteiger partial charge in [-0.1, -0.05) is 12.8 Å². The van der Waals surface area contributed by atoms with E-state index in [1.807, 2.05) is 20.8 Å². The molecule has 0 aromatic rings. The van der Waals surface area contributed by atoms with Crippen molar-refractivity contribution >= 4 is 5.91 Å². The van der Waals surface area contributed by atoms with Gasteiger partial charge in [0.05, 0.1) is 5.60 Å². The van der Waals surface area contributed by atoms with Gasteiger partial charge in [0.1, 0.15) is 6.61 Å². The fraction of sp³-hybridized carbons (Fsp3) is 0.933. The van der Waals surface area contributed by atoms with Crippen molar-refractivity contribution in [2.75, 3.05) is 13.2 Å². The van der Waals surface area contributed by atoms with Crippen LogP contribution in [-0.2, 0) is 9.53 Å². The lowest BCUT2D eigenvalue weighted by atomic mass is 9.96. The minimum absolute atomic E-state index is 0.194. The summed E-state index contributed by atoms with van der Waals surface area (Å²) in [4.78, 5) is 14.4. The highest BCUT2D eigenvalue weighted by atomic mass is 16.5. The van der Waals surface area contributed by atoms with E-state index in [0.29, 0.717) is 6.04 Å². The Hall–Kier alpha value is -0.570. The Morgan fingerprint density at radius 2 is 1.83 bits per heavy atom. The second kappa shape index (κ2) is 5.60. The number of carbonyl (C=O) groups is 1. The summed E-state index contributed by atoms with van der Waals surface area (Å²) in [6, 6.07) is 0.503. The molecule has 1 aliphatic heterocycles. The van der Waals surface area contributed by atoms with E-state index >= 15 is 0 Å². The number of hydrogen-bond acceptors (Lipinski definition) is 2. The first-order chi connectivity index (χ1) is 8.47. The molecular weight excluding hydrogens is 226 g/mol. The molecule has 0 N–H and O–H groups in total. The third kappa shape index (κ3) is 3.47. The molecule has 0 spiro atoms. The lowest BCUT2D eigenvalue weighted by molar-refractivity contribution is -0.142. The van der Waals surface area contributed by atoms with Crippen LogP contribution in [-0.4, -0.2) is 35.6 Å². The summed E-state index contributed by atoms with van der Waals surface area (Å²) >= 11 is 0. The summed E-state index contributed by atoms with van der Waals surface area (Å²) in [6.45, 7) is 7.18. The fourth-order valence-corrected chi connectivity index (χ4v) is 3.30. The van der Waals surface area contributed by atoms with Crippen molar-refractivity contribution in [3.05, 3.63) is 0 Å². The number of nitrogens with zero attached hydrogens (tertiary/aromatic N) is 1. The molecule has 1 saturated heterocycles. The monoisotopic (exact) mass is 253 g/mol. The van der Waals surface area contributed by atoms with Gasteiger partial charge in [-0.15, -0.1) is 0 Å². The number of likely N-dealkylation sites (tertiary alicyclic amines) is 1. The summed E-state index contributed by atoms with van der Waals surface area (Å²) in [5, 5.41) is 0. The van der Waals surface area contributed by atoms with Gasteiger partial charge in [0.25, 0.3) is 0 Å². The molecule has 2 rings (SSSR count). The number of amides is 1. The molecule has 0 bridgehead atoms. The van der Waals surface area contributed by atoms with Crippen LogP contribution >= 0.6 is 0 Å². The molecule has 2 fully saturated rings. The molecule has 0 radical (unpaired) electrons. The predicted octanol–water partition coefficient (Wildman–Crippen LogP) is 2.98. The van der Waals surface area contributed by atoms with Gasteiger partial charge in [-0.05, 0) is 52.4 Å². The van der Waals surface area contributed by atoms with Crippen molar-refractivity contribution in [3.63, 3.8) is 0 Å². The molecular formula is C15H27NO2. The molecule has 1 unspecified atom stereocenters. The maximum Gasteiger partial charge on any atom is 0.248 e. The van der Waals surface area contributed by atoms with Crippen LogP contribution in [0.1, 0.15) is 59.3 Å². The van der Waals surface area contributed by atoms with Crippen LogP contribution in [0.15, 0.2) is 0 Å². The Bertz CT molecular complexity index is 289. The average molecular weight is 253 g/mol. The molecule has 1 aliphatic carbocycles. The number of rotatable bonds is 3. The Kier molecular flexibility index (Phi) is 4.31. The molecule has 3 heteroatoms. The molecule has 104 valence electrons. The quantitative estimate of drug-likeness (QED) is 0.774. The maximum absolute atomic E-state index is 12.3. The highest BCUT2D eigenvalue weighted by molar-refractivity contribution is 5.78. The standard InChI is InChI=1S/C15H27NO2/c1-15(2,3)18-11-14(17)16-10-6-9-13(16)12-7-4-5-8-12/h12-13H,4-11H2,1-3H3. The molecule has 1 amide bonds. The summed E-state index contributed by atoms with van der Waals surface area (Å²) < 4.78 is 5.62. The lowest BCUT2D eigenvalue weighted by Gasteiger charge is -2.30. The second-order valence-electron chi connectivity index (χ2n) is 6.74. The predicted molar refractivity (Wildman–Crippen MR) is 72.4 cm³/mol. The first-order valence-electron chi connectivity index (χ1n) is 7.41. The average Bonchev–Trinajstić information content (AvgIpc) is 2.94. The molecule has 1 atom stereocenters. The van der Waals surface area contributed by atoms with Gasteiger partial charge < -0.3 is 9.64 Å². The van der Waals surface area contributed by atoms with Crippen molar-refractivity contribution in [2.45, 2.75) is 70.9 Å². The SMILES string of the molecule is CC(C)(C)OCC(=O)N1CCCC1C1CCCC1. The zero-order chi connectivity index (χ0) is 13.2. The highest BCUT2D eigenvalue weighted by Gasteiger charge is 2.35. The van der Waals surface area contributed by atoms with E-state index in [0.717, 1.165) is 12.5 Å². The van der Waals surface area contributed by atoms with E-state index < -0.39 is 0 Å². The minimum Gasteiger partial charge on any atom is -0.366 e. The normalized spacial score (nSPS) is 25.9. The van der Waals surface area contributed by atoms with E-state index in [4.69, 9.17) is 4.74 Å². The summed E-state index contributed by atoms with van der Waals surface area (Å²) in [6.07, 6.45) is 7.70. The second-order valence-corrected chi connectivity index (χ2v) is 6.74. The molecule has 18 heavy (non-hydrogen) atoms.